The van der Waals surface area contributed by atoms with E-state index in [0.717, 1.165) is 0 Å². The molecule has 0 rings (SSSR count). The van der Waals surface area contributed by atoms with Crippen LogP contribution >= 0.6 is 0 Å². The molecular weight excluding hydrogens is 276 g/mol. The van der Waals surface area contributed by atoms with E-state index in [9.17, 15) is 4.79 Å². The van der Waals surface area contributed by atoms with Gasteiger partial charge in [0.15, 0.2) is 0 Å². The standard InChI is InChI=1S/C10H16O4.C5H10O2/c1-5-12-6-7-13-9(4)14-10(11)8(2)3;1-2-7-5-3-4-6/h5,9H,1-2,6-7H2,3-4H3;2,6H,1,3-5H2. The highest BCUT2D eigenvalue weighted by Crippen LogP contribution is 1.99. The Morgan fingerprint density at radius 2 is 1.76 bits per heavy atom. The van der Waals surface area contributed by atoms with Crippen molar-refractivity contribution in [3.05, 3.63) is 37.8 Å². The number of aliphatic hydroxyl groups excluding tert-OH is 1. The van der Waals surface area contributed by atoms with Crippen LogP contribution in [0.1, 0.15) is 20.3 Å². The number of rotatable bonds is 11. The number of esters is 1. The Labute approximate surface area is 126 Å². The zero-order valence-electron chi connectivity index (χ0n) is 12.9. The van der Waals surface area contributed by atoms with Crippen LogP contribution in [0.25, 0.3) is 0 Å². The van der Waals surface area contributed by atoms with Gasteiger partial charge >= 0.3 is 5.97 Å². The van der Waals surface area contributed by atoms with Crippen molar-refractivity contribution in [2.75, 3.05) is 26.4 Å². The maximum Gasteiger partial charge on any atom is 0.335 e. The topological polar surface area (TPSA) is 74.2 Å². The first kappa shape index (κ1) is 21.5. The molecule has 0 saturated carbocycles. The molecule has 0 amide bonds. The van der Waals surface area contributed by atoms with Crippen LogP contribution in [0, 0.1) is 0 Å². The first-order valence-corrected chi connectivity index (χ1v) is 6.53. The second kappa shape index (κ2) is 16.3. The van der Waals surface area contributed by atoms with E-state index in [1.165, 1.54) is 12.5 Å². The molecule has 0 fully saturated rings. The van der Waals surface area contributed by atoms with E-state index >= 15 is 0 Å². The highest BCUT2D eigenvalue weighted by molar-refractivity contribution is 5.86. The van der Waals surface area contributed by atoms with Crippen molar-refractivity contribution in [3.8, 4) is 0 Å². The average molecular weight is 302 g/mol. The minimum Gasteiger partial charge on any atom is -0.502 e. The molecule has 21 heavy (non-hydrogen) atoms. The van der Waals surface area contributed by atoms with Crippen molar-refractivity contribution < 1.29 is 28.8 Å². The number of hydrogen-bond acceptors (Lipinski definition) is 6. The summed E-state index contributed by atoms with van der Waals surface area (Å²) < 4.78 is 19.5. The zero-order valence-corrected chi connectivity index (χ0v) is 12.9. The second-order valence-electron chi connectivity index (χ2n) is 3.78. The lowest BCUT2D eigenvalue weighted by atomic mass is 10.4. The molecule has 6 heteroatoms. The minimum atomic E-state index is -0.590. The SMILES string of the molecule is C=COCCCO.C=COCCOC(C)OC(=O)C(=C)C. The molecule has 1 unspecified atom stereocenters. The summed E-state index contributed by atoms with van der Waals surface area (Å²) in [4.78, 5) is 11.0. The maximum absolute atomic E-state index is 11.0. The van der Waals surface area contributed by atoms with Gasteiger partial charge in [-0.25, -0.2) is 4.79 Å². The Morgan fingerprint density at radius 3 is 2.24 bits per heavy atom. The molecule has 122 valence electrons. The fourth-order valence-corrected chi connectivity index (χ4v) is 0.862. The van der Waals surface area contributed by atoms with Gasteiger partial charge in [-0.1, -0.05) is 19.7 Å². The molecule has 6 nitrogen and oxygen atoms in total. The Kier molecular flexibility index (Phi) is 16.7. The molecule has 0 aromatic rings. The monoisotopic (exact) mass is 302 g/mol. The van der Waals surface area contributed by atoms with E-state index in [1.807, 2.05) is 0 Å². The molecular formula is C15H26O6. The normalized spacial score (nSPS) is 10.4. The summed E-state index contributed by atoms with van der Waals surface area (Å²) >= 11 is 0. The van der Waals surface area contributed by atoms with Crippen LogP contribution in [0.5, 0.6) is 0 Å². The third-order valence-corrected chi connectivity index (χ3v) is 1.83. The van der Waals surface area contributed by atoms with Crippen LogP contribution in [0.3, 0.4) is 0 Å². The largest absolute Gasteiger partial charge is 0.502 e. The fourth-order valence-electron chi connectivity index (χ4n) is 0.862. The summed E-state index contributed by atoms with van der Waals surface area (Å²) in [6.45, 7) is 14.9. The Hall–Kier alpha value is -1.79. The van der Waals surface area contributed by atoms with E-state index in [4.69, 9.17) is 19.3 Å². The fraction of sp³-hybridized carbons (Fsp3) is 0.533. The molecule has 0 aliphatic carbocycles. The first-order chi connectivity index (χ1) is 9.99. The van der Waals surface area contributed by atoms with Crippen molar-refractivity contribution in [1.82, 2.24) is 0 Å². The molecule has 0 aromatic carbocycles. The number of hydrogen-bond donors (Lipinski definition) is 1. The van der Waals surface area contributed by atoms with Crippen molar-refractivity contribution in [2.24, 2.45) is 0 Å². The highest BCUT2D eigenvalue weighted by atomic mass is 16.7. The zero-order chi connectivity index (χ0) is 16.5. The first-order valence-electron chi connectivity index (χ1n) is 6.53. The van der Waals surface area contributed by atoms with Gasteiger partial charge in [0.05, 0.1) is 25.7 Å². The van der Waals surface area contributed by atoms with Crippen LogP contribution in [-0.4, -0.2) is 43.8 Å². The smallest absolute Gasteiger partial charge is 0.335 e. The van der Waals surface area contributed by atoms with Crippen molar-refractivity contribution in [2.45, 2.75) is 26.6 Å². The summed E-state index contributed by atoms with van der Waals surface area (Å²) in [5.41, 5.74) is 0.350. The van der Waals surface area contributed by atoms with Crippen molar-refractivity contribution >= 4 is 5.97 Å². The van der Waals surface area contributed by atoms with Gasteiger partial charge < -0.3 is 24.1 Å². The lowest BCUT2D eigenvalue weighted by Crippen LogP contribution is -2.20. The van der Waals surface area contributed by atoms with E-state index in [1.54, 1.807) is 13.8 Å². The molecule has 0 bridgehead atoms. The molecule has 0 aromatic heterocycles. The molecule has 0 heterocycles. The molecule has 0 aliphatic rings. The Morgan fingerprint density at radius 1 is 1.19 bits per heavy atom. The predicted molar refractivity (Wildman–Crippen MR) is 80.3 cm³/mol. The molecule has 0 aliphatic heterocycles. The number of carbonyl (C=O) groups is 1. The van der Waals surface area contributed by atoms with Gasteiger partial charge in [-0.3, -0.25) is 0 Å². The van der Waals surface area contributed by atoms with Crippen LogP contribution < -0.4 is 0 Å². The second-order valence-corrected chi connectivity index (χ2v) is 3.78. The summed E-state index contributed by atoms with van der Waals surface area (Å²) in [6.07, 6.45) is 2.79. The Bertz CT molecular complexity index is 301. The molecule has 0 spiro atoms. The summed E-state index contributed by atoms with van der Waals surface area (Å²) in [5, 5.41) is 8.18. The molecule has 1 atom stereocenters. The summed E-state index contributed by atoms with van der Waals surface area (Å²) in [6, 6.07) is 0. The van der Waals surface area contributed by atoms with E-state index in [0.29, 0.717) is 31.8 Å². The summed E-state index contributed by atoms with van der Waals surface area (Å²) in [7, 11) is 0. The Balaban J connectivity index is 0. The predicted octanol–water partition coefficient (Wildman–Crippen LogP) is 2.16. The highest BCUT2D eigenvalue weighted by Gasteiger charge is 2.09. The lowest BCUT2D eigenvalue weighted by molar-refractivity contribution is -0.171. The van der Waals surface area contributed by atoms with E-state index in [-0.39, 0.29) is 6.61 Å². The third kappa shape index (κ3) is 18.2. The van der Waals surface area contributed by atoms with E-state index < -0.39 is 12.3 Å². The molecule has 1 N–H and O–H groups in total. The van der Waals surface area contributed by atoms with Crippen molar-refractivity contribution in [1.29, 1.82) is 0 Å². The maximum atomic E-state index is 11.0. The van der Waals surface area contributed by atoms with Crippen molar-refractivity contribution in [3.63, 3.8) is 0 Å². The molecule has 0 radical (unpaired) electrons. The van der Waals surface area contributed by atoms with Gasteiger partial charge in [0, 0.05) is 18.6 Å². The molecule has 0 saturated heterocycles. The third-order valence-electron chi connectivity index (χ3n) is 1.83. The quantitative estimate of drug-likeness (QED) is 0.207. The van der Waals surface area contributed by atoms with Crippen LogP contribution in [0.2, 0.25) is 0 Å². The minimum absolute atomic E-state index is 0.188. The van der Waals surface area contributed by atoms with E-state index in [2.05, 4.69) is 24.5 Å². The number of ether oxygens (including phenoxy) is 4. The van der Waals surface area contributed by atoms with Crippen LogP contribution in [-0.2, 0) is 23.7 Å². The van der Waals surface area contributed by atoms with Gasteiger partial charge in [0.2, 0.25) is 6.29 Å². The number of aliphatic hydroxyl groups is 1. The van der Waals surface area contributed by atoms with Gasteiger partial charge in [-0.15, -0.1) is 0 Å². The summed E-state index contributed by atoms with van der Waals surface area (Å²) in [5.74, 6) is -0.456. The van der Waals surface area contributed by atoms with Gasteiger partial charge in [0.25, 0.3) is 0 Å². The van der Waals surface area contributed by atoms with Gasteiger partial charge in [0.1, 0.15) is 6.61 Å². The van der Waals surface area contributed by atoms with Gasteiger partial charge in [-0.2, -0.15) is 0 Å². The van der Waals surface area contributed by atoms with Crippen LogP contribution in [0.15, 0.2) is 37.8 Å². The lowest BCUT2D eigenvalue weighted by Gasteiger charge is -2.13. The average Bonchev–Trinajstić information content (AvgIpc) is 2.45. The van der Waals surface area contributed by atoms with Gasteiger partial charge in [-0.05, 0) is 13.8 Å². The number of carbonyl (C=O) groups excluding carboxylic acids is 1. The van der Waals surface area contributed by atoms with Crippen LogP contribution in [0.4, 0.5) is 0 Å².